The average Bonchev–Trinajstić information content (AvgIpc) is 3.02. The number of carboxylic acid groups (broad SMARTS) is 1. The number of amides is 1. The first-order chi connectivity index (χ1) is 11.0. The summed E-state index contributed by atoms with van der Waals surface area (Å²) in [6, 6.07) is 6.55. The van der Waals surface area contributed by atoms with Gasteiger partial charge in [-0.1, -0.05) is 0 Å². The number of methoxy groups -OCH3 is 1. The summed E-state index contributed by atoms with van der Waals surface area (Å²) in [7, 11) is 1.43. The molecule has 23 heavy (non-hydrogen) atoms. The number of ether oxygens (including phenoxy) is 2. The van der Waals surface area contributed by atoms with E-state index in [9.17, 15) is 14.7 Å². The van der Waals surface area contributed by atoms with E-state index >= 15 is 0 Å². The van der Waals surface area contributed by atoms with Crippen molar-refractivity contribution in [2.75, 3.05) is 25.2 Å². The molecule has 1 aliphatic heterocycles. The van der Waals surface area contributed by atoms with Crippen LogP contribution in [0.4, 0.5) is 0 Å². The van der Waals surface area contributed by atoms with Gasteiger partial charge in [-0.05, 0) is 24.3 Å². The summed E-state index contributed by atoms with van der Waals surface area (Å²) in [5, 5.41) is 20.7. The topological polar surface area (TPSA) is 109 Å². The number of carboxylic acids is 1. The van der Waals surface area contributed by atoms with Crippen molar-refractivity contribution in [3.63, 3.8) is 0 Å². The zero-order valence-corrected chi connectivity index (χ0v) is 13.3. The molecular weight excluding hydrogens is 320 g/mol. The van der Waals surface area contributed by atoms with E-state index in [1.165, 1.54) is 31.0 Å². The van der Waals surface area contributed by atoms with Gasteiger partial charge in [-0.15, -0.1) is 0 Å². The van der Waals surface area contributed by atoms with Crippen LogP contribution in [0, 0.1) is 11.3 Å². The van der Waals surface area contributed by atoms with Crippen molar-refractivity contribution in [1.82, 2.24) is 5.32 Å². The second kappa shape index (κ2) is 7.24. The van der Waals surface area contributed by atoms with Gasteiger partial charge >= 0.3 is 5.97 Å². The van der Waals surface area contributed by atoms with Crippen molar-refractivity contribution in [3.8, 4) is 17.6 Å². The van der Waals surface area contributed by atoms with Crippen LogP contribution < -0.4 is 14.8 Å². The van der Waals surface area contributed by atoms with E-state index in [-0.39, 0.29) is 6.61 Å². The number of thioether (sulfide) groups is 1. The van der Waals surface area contributed by atoms with Gasteiger partial charge in [0.1, 0.15) is 5.54 Å². The molecule has 1 heterocycles. The molecule has 1 aromatic carbocycles. The number of rotatable bonds is 6. The maximum absolute atomic E-state index is 12.0. The Morgan fingerprint density at radius 3 is 2.83 bits per heavy atom. The Labute approximate surface area is 137 Å². The standard InChI is InChI=1S/C15H16N2O5S/c1-21-12-6-10(7-16)2-3-11(12)22-8-13(18)17-15(14(19)20)4-5-23-9-15/h2-3,6H,4-5,8-9H2,1H3,(H,17,18)(H,19,20). The number of carbonyl (C=O) groups excluding carboxylic acids is 1. The first-order valence-electron chi connectivity index (χ1n) is 6.84. The SMILES string of the molecule is COc1cc(C#N)ccc1OCC(=O)NC1(C(=O)O)CCSC1. The van der Waals surface area contributed by atoms with E-state index in [2.05, 4.69) is 5.32 Å². The molecule has 0 aliphatic carbocycles. The van der Waals surface area contributed by atoms with Crippen molar-refractivity contribution in [1.29, 1.82) is 5.26 Å². The minimum absolute atomic E-state index is 0.312. The highest BCUT2D eigenvalue weighted by molar-refractivity contribution is 7.99. The van der Waals surface area contributed by atoms with Gasteiger partial charge in [-0.3, -0.25) is 4.79 Å². The molecule has 1 amide bonds. The van der Waals surface area contributed by atoms with Crippen molar-refractivity contribution >= 4 is 23.6 Å². The number of benzene rings is 1. The highest BCUT2D eigenvalue weighted by Crippen LogP contribution is 2.29. The van der Waals surface area contributed by atoms with Crippen LogP contribution in [0.3, 0.4) is 0 Å². The van der Waals surface area contributed by atoms with Gasteiger partial charge < -0.3 is 19.9 Å². The molecule has 1 atom stereocenters. The minimum Gasteiger partial charge on any atom is -0.493 e. The highest BCUT2D eigenvalue weighted by Gasteiger charge is 2.43. The van der Waals surface area contributed by atoms with Gasteiger partial charge in [-0.2, -0.15) is 17.0 Å². The average molecular weight is 336 g/mol. The lowest BCUT2D eigenvalue weighted by Gasteiger charge is -2.24. The summed E-state index contributed by atoms with van der Waals surface area (Å²) >= 11 is 1.49. The van der Waals surface area contributed by atoms with Crippen LogP contribution in [0.1, 0.15) is 12.0 Å². The third kappa shape index (κ3) is 3.87. The molecule has 0 saturated carbocycles. The van der Waals surface area contributed by atoms with Crippen LogP contribution >= 0.6 is 11.8 Å². The molecule has 2 N–H and O–H groups in total. The number of nitriles is 1. The lowest BCUT2D eigenvalue weighted by atomic mass is 9.99. The number of nitrogens with zero attached hydrogens (tertiary/aromatic N) is 1. The lowest BCUT2D eigenvalue weighted by Crippen LogP contribution is -2.55. The van der Waals surface area contributed by atoms with Crippen LogP contribution in [0.25, 0.3) is 0 Å². The van der Waals surface area contributed by atoms with Crippen LogP contribution in [-0.2, 0) is 9.59 Å². The quantitative estimate of drug-likeness (QED) is 0.798. The Morgan fingerprint density at radius 2 is 2.26 bits per heavy atom. The summed E-state index contributed by atoms with van der Waals surface area (Å²) in [5.74, 6) is 0.131. The Balaban J connectivity index is 1.99. The summed E-state index contributed by atoms with van der Waals surface area (Å²) in [4.78, 5) is 23.4. The van der Waals surface area contributed by atoms with Gasteiger partial charge in [-0.25, -0.2) is 4.79 Å². The third-order valence-corrected chi connectivity index (χ3v) is 4.65. The second-order valence-electron chi connectivity index (χ2n) is 5.00. The predicted octanol–water partition coefficient (Wildman–Crippen LogP) is 1.02. The van der Waals surface area contributed by atoms with Crippen molar-refractivity contribution in [3.05, 3.63) is 23.8 Å². The first-order valence-corrected chi connectivity index (χ1v) is 7.99. The fraction of sp³-hybridized carbons (Fsp3) is 0.400. The second-order valence-corrected chi connectivity index (χ2v) is 6.11. The number of hydrogen-bond donors (Lipinski definition) is 2. The molecule has 1 aromatic rings. The summed E-state index contributed by atoms with van der Waals surface area (Å²) in [6.07, 6.45) is 0.388. The molecule has 1 unspecified atom stereocenters. The van der Waals surface area contributed by atoms with Gasteiger partial charge in [0, 0.05) is 11.8 Å². The zero-order valence-electron chi connectivity index (χ0n) is 12.5. The number of aliphatic carboxylic acids is 1. The molecule has 8 heteroatoms. The summed E-state index contributed by atoms with van der Waals surface area (Å²) < 4.78 is 10.5. The Hall–Kier alpha value is -2.40. The van der Waals surface area contributed by atoms with Gasteiger partial charge in [0.25, 0.3) is 5.91 Å². The maximum Gasteiger partial charge on any atom is 0.330 e. The third-order valence-electron chi connectivity index (χ3n) is 3.46. The van der Waals surface area contributed by atoms with Crippen LogP contribution in [0.2, 0.25) is 0 Å². The van der Waals surface area contributed by atoms with E-state index in [0.29, 0.717) is 35.0 Å². The van der Waals surface area contributed by atoms with E-state index in [4.69, 9.17) is 14.7 Å². The first kappa shape index (κ1) is 17.0. The number of carbonyl (C=O) groups is 2. The highest BCUT2D eigenvalue weighted by atomic mass is 32.2. The van der Waals surface area contributed by atoms with E-state index < -0.39 is 17.4 Å². The largest absolute Gasteiger partial charge is 0.493 e. The van der Waals surface area contributed by atoms with Crippen LogP contribution in [0.15, 0.2) is 18.2 Å². The fourth-order valence-electron chi connectivity index (χ4n) is 2.19. The molecular formula is C15H16N2O5S. The maximum atomic E-state index is 12.0. The Morgan fingerprint density at radius 1 is 1.48 bits per heavy atom. The molecule has 0 bridgehead atoms. The Kier molecular flexibility index (Phi) is 5.34. The smallest absolute Gasteiger partial charge is 0.330 e. The molecule has 0 aromatic heterocycles. The Bertz CT molecular complexity index is 650. The minimum atomic E-state index is -1.22. The van der Waals surface area contributed by atoms with Crippen LogP contribution in [-0.4, -0.2) is 47.7 Å². The van der Waals surface area contributed by atoms with Gasteiger partial charge in [0.05, 0.1) is 18.7 Å². The molecule has 1 saturated heterocycles. The number of nitrogens with one attached hydrogen (secondary N) is 1. The zero-order chi connectivity index (χ0) is 16.9. The van der Waals surface area contributed by atoms with Crippen molar-refractivity contribution in [2.24, 2.45) is 0 Å². The van der Waals surface area contributed by atoms with Crippen molar-refractivity contribution < 1.29 is 24.2 Å². The molecule has 2 rings (SSSR count). The number of hydrogen-bond acceptors (Lipinski definition) is 6. The van der Waals surface area contributed by atoms with E-state index in [1.807, 2.05) is 6.07 Å². The normalized spacial score (nSPS) is 19.7. The monoisotopic (exact) mass is 336 g/mol. The summed E-state index contributed by atoms with van der Waals surface area (Å²) in [6.45, 7) is -0.331. The fourth-order valence-corrected chi connectivity index (χ4v) is 3.51. The lowest BCUT2D eigenvalue weighted by molar-refractivity contribution is -0.146. The molecule has 122 valence electrons. The van der Waals surface area contributed by atoms with Gasteiger partial charge in [0.2, 0.25) is 0 Å². The van der Waals surface area contributed by atoms with E-state index in [1.54, 1.807) is 6.07 Å². The van der Waals surface area contributed by atoms with E-state index in [0.717, 1.165) is 0 Å². The molecule has 0 radical (unpaired) electrons. The molecule has 0 spiro atoms. The molecule has 1 fully saturated rings. The predicted molar refractivity (Wildman–Crippen MR) is 83.7 cm³/mol. The molecule has 7 nitrogen and oxygen atoms in total. The van der Waals surface area contributed by atoms with Gasteiger partial charge in [0.15, 0.2) is 18.1 Å². The van der Waals surface area contributed by atoms with Crippen molar-refractivity contribution in [2.45, 2.75) is 12.0 Å². The molecule has 1 aliphatic rings. The summed E-state index contributed by atoms with van der Waals surface area (Å²) in [5.41, 5.74) is -0.814. The van der Waals surface area contributed by atoms with Crippen LogP contribution in [0.5, 0.6) is 11.5 Å².